The van der Waals surface area contributed by atoms with Crippen LogP contribution in [0.15, 0.2) is 67.0 Å². The van der Waals surface area contributed by atoms with Crippen molar-refractivity contribution < 1.29 is 9.59 Å². The predicted octanol–water partition coefficient (Wildman–Crippen LogP) is 5.02. The molecule has 0 bridgehead atoms. The Bertz CT molecular complexity index is 995. The van der Waals surface area contributed by atoms with Gasteiger partial charge in [0.2, 0.25) is 0 Å². The molecule has 142 valence electrons. The van der Waals surface area contributed by atoms with Crippen LogP contribution in [-0.4, -0.2) is 16.8 Å². The summed E-state index contributed by atoms with van der Waals surface area (Å²) in [5.41, 5.74) is 4.30. The maximum absolute atomic E-state index is 12.5. The molecule has 0 radical (unpaired) electrons. The normalized spacial score (nSPS) is 10.6. The first-order valence-corrected chi connectivity index (χ1v) is 9.17. The van der Waals surface area contributed by atoms with Crippen LogP contribution in [0.1, 0.15) is 51.6 Å². The largest absolute Gasteiger partial charge is 0.322 e. The van der Waals surface area contributed by atoms with Gasteiger partial charge in [-0.2, -0.15) is 0 Å². The highest BCUT2D eigenvalue weighted by Crippen LogP contribution is 2.18. The van der Waals surface area contributed by atoms with Crippen LogP contribution >= 0.6 is 0 Å². The first kappa shape index (κ1) is 19.3. The maximum atomic E-state index is 12.5. The van der Waals surface area contributed by atoms with E-state index < -0.39 is 0 Å². The van der Waals surface area contributed by atoms with E-state index >= 15 is 0 Å². The van der Waals surface area contributed by atoms with Gasteiger partial charge in [-0.1, -0.05) is 38.1 Å². The van der Waals surface area contributed by atoms with Crippen molar-refractivity contribution in [2.24, 2.45) is 0 Å². The summed E-state index contributed by atoms with van der Waals surface area (Å²) >= 11 is 0. The Kier molecular flexibility index (Phi) is 5.84. The van der Waals surface area contributed by atoms with Crippen molar-refractivity contribution in [3.8, 4) is 0 Å². The molecule has 3 aromatic rings. The molecule has 2 N–H and O–H groups in total. The third-order valence-corrected chi connectivity index (χ3v) is 4.37. The number of hydrogen-bond donors (Lipinski definition) is 2. The first-order valence-electron chi connectivity index (χ1n) is 9.17. The number of nitrogens with zero attached hydrogens (tertiary/aromatic N) is 1. The molecule has 0 unspecified atom stereocenters. The van der Waals surface area contributed by atoms with Crippen LogP contribution in [0.5, 0.6) is 0 Å². The fourth-order valence-corrected chi connectivity index (χ4v) is 2.77. The molecule has 28 heavy (non-hydrogen) atoms. The summed E-state index contributed by atoms with van der Waals surface area (Å²) < 4.78 is 0. The molecule has 0 spiro atoms. The lowest BCUT2D eigenvalue weighted by Gasteiger charge is -2.09. The molecule has 5 nitrogen and oxygen atoms in total. The Labute approximate surface area is 164 Å². The van der Waals surface area contributed by atoms with E-state index in [1.54, 1.807) is 0 Å². The summed E-state index contributed by atoms with van der Waals surface area (Å²) in [4.78, 5) is 29.0. The highest BCUT2D eigenvalue weighted by molar-refractivity contribution is 6.08. The third-order valence-electron chi connectivity index (χ3n) is 4.37. The molecule has 0 saturated carbocycles. The molecule has 0 aliphatic rings. The zero-order valence-corrected chi connectivity index (χ0v) is 16.2. The van der Waals surface area contributed by atoms with Gasteiger partial charge in [-0.25, -0.2) is 0 Å². The minimum atomic E-state index is -0.311. The van der Waals surface area contributed by atoms with E-state index in [1.807, 2.05) is 55.5 Å². The van der Waals surface area contributed by atoms with E-state index in [-0.39, 0.29) is 11.8 Å². The molecular weight excluding hydrogens is 350 g/mol. The minimum Gasteiger partial charge on any atom is -0.322 e. The van der Waals surface area contributed by atoms with Crippen molar-refractivity contribution in [1.29, 1.82) is 0 Å². The van der Waals surface area contributed by atoms with Crippen LogP contribution in [0.2, 0.25) is 0 Å². The lowest BCUT2D eigenvalue weighted by molar-refractivity contribution is 0.102. The maximum Gasteiger partial charge on any atom is 0.257 e. The van der Waals surface area contributed by atoms with Crippen LogP contribution in [0, 0.1) is 6.92 Å². The summed E-state index contributed by atoms with van der Waals surface area (Å²) in [6.45, 7) is 6.19. The van der Waals surface area contributed by atoms with Crippen LogP contribution in [-0.2, 0) is 0 Å². The lowest BCUT2D eigenvalue weighted by Crippen LogP contribution is -2.16. The molecule has 5 heteroatoms. The summed E-state index contributed by atoms with van der Waals surface area (Å²) in [6.07, 6.45) is 2.89. The van der Waals surface area contributed by atoms with Gasteiger partial charge < -0.3 is 10.6 Å². The van der Waals surface area contributed by atoms with Gasteiger partial charge in [0.1, 0.15) is 0 Å². The highest BCUT2D eigenvalue weighted by atomic mass is 16.2. The molecule has 2 amide bonds. The summed E-state index contributed by atoms with van der Waals surface area (Å²) in [5.74, 6) is -0.193. The number of anilines is 2. The Morgan fingerprint density at radius 2 is 1.43 bits per heavy atom. The molecule has 3 rings (SSSR count). The van der Waals surface area contributed by atoms with E-state index in [9.17, 15) is 9.59 Å². The molecule has 1 heterocycles. The second kappa shape index (κ2) is 8.48. The van der Waals surface area contributed by atoms with Crippen LogP contribution in [0.25, 0.3) is 0 Å². The van der Waals surface area contributed by atoms with E-state index in [0.29, 0.717) is 28.4 Å². The second-order valence-electron chi connectivity index (χ2n) is 7.02. The molecule has 0 saturated heterocycles. The number of rotatable bonds is 5. The Balaban J connectivity index is 1.71. The number of hydrogen-bond acceptors (Lipinski definition) is 3. The average molecular weight is 373 g/mol. The lowest BCUT2D eigenvalue weighted by atomic mass is 10.0. The van der Waals surface area contributed by atoms with E-state index in [0.717, 1.165) is 5.56 Å². The van der Waals surface area contributed by atoms with Crippen LogP contribution in [0.4, 0.5) is 11.4 Å². The number of aromatic nitrogens is 1. The van der Waals surface area contributed by atoms with Gasteiger partial charge in [-0.3, -0.25) is 14.6 Å². The zero-order chi connectivity index (χ0) is 20.1. The number of nitrogens with one attached hydrogen (secondary N) is 2. The van der Waals surface area contributed by atoms with Gasteiger partial charge >= 0.3 is 0 Å². The second-order valence-corrected chi connectivity index (χ2v) is 7.02. The van der Waals surface area contributed by atoms with Gasteiger partial charge in [-0.05, 0) is 54.3 Å². The molecule has 1 aromatic heterocycles. The number of benzene rings is 2. The Morgan fingerprint density at radius 3 is 2.00 bits per heavy atom. The average Bonchev–Trinajstić information content (AvgIpc) is 2.68. The molecule has 0 atom stereocenters. The van der Waals surface area contributed by atoms with Crippen LogP contribution in [0.3, 0.4) is 0 Å². The third kappa shape index (κ3) is 4.82. The standard InChI is InChI=1S/C23H23N3O2/c1-15(2)17-7-9-20(10-8-17)25-22(27)18-12-19(14-24-13-18)23(28)26-21-6-4-5-16(3)11-21/h4-15H,1-3H3,(H,25,27)(H,26,28). The van der Waals surface area contributed by atoms with E-state index in [2.05, 4.69) is 29.5 Å². The highest BCUT2D eigenvalue weighted by Gasteiger charge is 2.12. The zero-order valence-electron chi connectivity index (χ0n) is 16.2. The van der Waals surface area contributed by atoms with E-state index in [4.69, 9.17) is 0 Å². The van der Waals surface area contributed by atoms with Crippen molar-refractivity contribution >= 4 is 23.2 Å². The minimum absolute atomic E-state index is 0.310. The van der Waals surface area contributed by atoms with Gasteiger partial charge in [-0.15, -0.1) is 0 Å². The summed E-state index contributed by atoms with van der Waals surface area (Å²) in [7, 11) is 0. The van der Waals surface area contributed by atoms with Gasteiger partial charge in [0.15, 0.2) is 0 Å². The fourth-order valence-electron chi connectivity index (χ4n) is 2.77. The molecule has 0 aliphatic heterocycles. The van der Waals surface area contributed by atoms with Gasteiger partial charge in [0.25, 0.3) is 11.8 Å². The van der Waals surface area contributed by atoms with Crippen molar-refractivity contribution in [3.63, 3.8) is 0 Å². The molecule has 0 aliphatic carbocycles. The van der Waals surface area contributed by atoms with Crippen molar-refractivity contribution in [1.82, 2.24) is 4.98 Å². The number of pyridine rings is 1. The van der Waals surface area contributed by atoms with Crippen molar-refractivity contribution in [3.05, 3.63) is 89.2 Å². The first-order chi connectivity index (χ1) is 13.4. The topological polar surface area (TPSA) is 71.1 Å². The Hall–Kier alpha value is -3.47. The fraction of sp³-hybridized carbons (Fsp3) is 0.174. The number of carbonyl (C=O) groups is 2. The SMILES string of the molecule is Cc1cccc(NC(=O)c2cncc(C(=O)Nc3ccc(C(C)C)cc3)c2)c1. The van der Waals surface area contributed by atoms with Crippen molar-refractivity contribution in [2.75, 3.05) is 10.6 Å². The summed E-state index contributed by atoms with van der Waals surface area (Å²) in [6, 6.07) is 16.8. The Morgan fingerprint density at radius 1 is 0.821 bits per heavy atom. The number of carbonyl (C=O) groups excluding carboxylic acids is 2. The molecular formula is C23H23N3O2. The van der Waals surface area contributed by atoms with Gasteiger partial charge in [0, 0.05) is 23.8 Å². The number of amides is 2. The van der Waals surface area contributed by atoms with Crippen molar-refractivity contribution in [2.45, 2.75) is 26.7 Å². The van der Waals surface area contributed by atoms with E-state index in [1.165, 1.54) is 24.0 Å². The monoisotopic (exact) mass is 373 g/mol. The van der Waals surface area contributed by atoms with Crippen LogP contribution < -0.4 is 10.6 Å². The predicted molar refractivity (Wildman–Crippen MR) is 112 cm³/mol. The van der Waals surface area contributed by atoms with Gasteiger partial charge in [0.05, 0.1) is 11.1 Å². The summed E-state index contributed by atoms with van der Waals surface area (Å²) in [5, 5.41) is 5.66. The molecule has 0 fully saturated rings. The smallest absolute Gasteiger partial charge is 0.257 e. The quantitative estimate of drug-likeness (QED) is 0.660. The number of aryl methyl sites for hydroxylation is 1. The molecule has 2 aromatic carbocycles.